The first-order chi connectivity index (χ1) is 13.1. The molecule has 0 aliphatic rings. The van der Waals surface area contributed by atoms with Gasteiger partial charge in [-0.15, -0.1) is 0 Å². The Balaban J connectivity index is 2.17. The number of ether oxygens (including phenoxy) is 2. The van der Waals surface area contributed by atoms with Crippen LogP contribution in [0.15, 0.2) is 48.5 Å². The van der Waals surface area contributed by atoms with Crippen molar-refractivity contribution in [1.82, 2.24) is 4.98 Å². The average molecular weight is 359 g/mol. The van der Waals surface area contributed by atoms with E-state index in [1.807, 2.05) is 36.4 Å². The zero-order chi connectivity index (χ0) is 19.4. The van der Waals surface area contributed by atoms with Gasteiger partial charge in [0.25, 0.3) is 0 Å². The predicted molar refractivity (Wildman–Crippen MR) is 107 cm³/mol. The van der Waals surface area contributed by atoms with Crippen LogP contribution < -0.4 is 15.2 Å². The van der Waals surface area contributed by atoms with Crippen molar-refractivity contribution in [2.75, 3.05) is 20.0 Å². The lowest BCUT2D eigenvalue weighted by molar-refractivity contribution is 0.355. The molecule has 0 saturated heterocycles. The van der Waals surface area contributed by atoms with E-state index in [-0.39, 0.29) is 5.82 Å². The molecule has 2 aromatic carbocycles. The third-order valence-electron chi connectivity index (χ3n) is 4.51. The van der Waals surface area contributed by atoms with Crippen LogP contribution in [-0.2, 0) is 6.42 Å². The molecule has 0 amide bonds. The maximum absolute atomic E-state index is 9.59. The number of hydrogen-bond acceptors (Lipinski definition) is 5. The highest BCUT2D eigenvalue weighted by atomic mass is 16.5. The second kappa shape index (κ2) is 7.79. The summed E-state index contributed by atoms with van der Waals surface area (Å²) in [6.45, 7) is 2.11. The Morgan fingerprint density at radius 2 is 1.63 bits per heavy atom. The van der Waals surface area contributed by atoms with Crippen molar-refractivity contribution in [2.45, 2.75) is 13.3 Å². The zero-order valence-electron chi connectivity index (χ0n) is 15.6. The van der Waals surface area contributed by atoms with Gasteiger partial charge >= 0.3 is 0 Å². The Labute approximate surface area is 159 Å². The summed E-state index contributed by atoms with van der Waals surface area (Å²) in [5, 5.41) is 9.59. The van der Waals surface area contributed by atoms with E-state index in [4.69, 9.17) is 15.2 Å². The quantitative estimate of drug-likeness (QED) is 0.728. The minimum atomic E-state index is 0.208. The Bertz CT molecular complexity index is 1010. The molecule has 2 N–H and O–H groups in total. The second-order valence-corrected chi connectivity index (χ2v) is 6.05. The SMILES string of the molecule is CCc1ccc(-c2cc(-c3ccc(OC)c(OC)c3)c(C#N)c(N)n2)cc1. The van der Waals surface area contributed by atoms with Crippen LogP contribution in [0.5, 0.6) is 11.5 Å². The molecule has 3 aromatic rings. The van der Waals surface area contributed by atoms with Gasteiger partial charge in [0, 0.05) is 11.1 Å². The Morgan fingerprint density at radius 1 is 0.963 bits per heavy atom. The number of nitrogen functional groups attached to an aromatic ring is 1. The Hall–Kier alpha value is -3.52. The topological polar surface area (TPSA) is 81.2 Å². The zero-order valence-corrected chi connectivity index (χ0v) is 15.6. The summed E-state index contributed by atoms with van der Waals surface area (Å²) >= 11 is 0. The molecule has 0 aliphatic heterocycles. The third-order valence-corrected chi connectivity index (χ3v) is 4.51. The van der Waals surface area contributed by atoms with E-state index in [9.17, 15) is 5.26 Å². The molecule has 0 saturated carbocycles. The van der Waals surface area contributed by atoms with Gasteiger partial charge in [-0.1, -0.05) is 37.3 Å². The lowest BCUT2D eigenvalue weighted by Crippen LogP contribution is -2.00. The summed E-state index contributed by atoms with van der Waals surface area (Å²) in [6, 6.07) is 17.7. The minimum absolute atomic E-state index is 0.208. The van der Waals surface area contributed by atoms with Gasteiger partial charge in [-0.25, -0.2) is 4.98 Å². The first-order valence-corrected chi connectivity index (χ1v) is 8.63. The Kier molecular flexibility index (Phi) is 5.28. The lowest BCUT2D eigenvalue weighted by atomic mass is 9.97. The van der Waals surface area contributed by atoms with E-state index in [0.717, 1.165) is 23.2 Å². The van der Waals surface area contributed by atoms with E-state index in [0.29, 0.717) is 22.6 Å². The number of aryl methyl sites for hydroxylation is 1. The monoisotopic (exact) mass is 359 g/mol. The number of anilines is 1. The number of pyridine rings is 1. The fraction of sp³-hybridized carbons (Fsp3) is 0.182. The molecule has 3 rings (SSSR count). The summed E-state index contributed by atoms with van der Waals surface area (Å²) in [5.74, 6) is 1.42. The van der Waals surface area contributed by atoms with E-state index in [2.05, 4.69) is 30.1 Å². The van der Waals surface area contributed by atoms with Gasteiger partial charge in [-0.3, -0.25) is 0 Å². The molecular formula is C22H21N3O2. The molecule has 0 atom stereocenters. The normalized spacial score (nSPS) is 10.3. The van der Waals surface area contributed by atoms with Crippen LogP contribution in [-0.4, -0.2) is 19.2 Å². The van der Waals surface area contributed by atoms with Crippen molar-refractivity contribution in [1.29, 1.82) is 5.26 Å². The van der Waals surface area contributed by atoms with E-state index in [1.54, 1.807) is 14.2 Å². The van der Waals surface area contributed by atoms with Crippen molar-refractivity contribution in [3.8, 4) is 40.0 Å². The number of nitriles is 1. The Morgan fingerprint density at radius 3 is 2.22 bits per heavy atom. The molecule has 1 heterocycles. The first-order valence-electron chi connectivity index (χ1n) is 8.63. The van der Waals surface area contributed by atoms with Crippen molar-refractivity contribution >= 4 is 5.82 Å². The van der Waals surface area contributed by atoms with Gasteiger partial charge in [-0.05, 0) is 35.7 Å². The summed E-state index contributed by atoms with van der Waals surface area (Å²) in [4.78, 5) is 4.43. The molecule has 0 spiro atoms. The lowest BCUT2D eigenvalue weighted by Gasteiger charge is -2.13. The number of nitrogens with two attached hydrogens (primary N) is 1. The van der Waals surface area contributed by atoms with Gasteiger partial charge in [0.05, 0.1) is 19.9 Å². The van der Waals surface area contributed by atoms with Gasteiger partial charge in [-0.2, -0.15) is 5.26 Å². The molecule has 0 bridgehead atoms. The van der Waals surface area contributed by atoms with Gasteiger partial charge in [0.2, 0.25) is 0 Å². The number of aromatic nitrogens is 1. The highest BCUT2D eigenvalue weighted by Crippen LogP contribution is 2.36. The number of benzene rings is 2. The van der Waals surface area contributed by atoms with Crippen LogP contribution in [0.3, 0.4) is 0 Å². The molecule has 5 nitrogen and oxygen atoms in total. The highest BCUT2D eigenvalue weighted by molar-refractivity contribution is 5.81. The maximum Gasteiger partial charge on any atom is 0.161 e. The van der Waals surface area contributed by atoms with Crippen molar-refractivity contribution < 1.29 is 9.47 Å². The number of hydrogen-bond donors (Lipinski definition) is 1. The molecular weight excluding hydrogens is 338 g/mol. The number of methoxy groups -OCH3 is 2. The van der Waals surface area contributed by atoms with Crippen LogP contribution >= 0.6 is 0 Å². The van der Waals surface area contributed by atoms with Crippen LogP contribution in [0.25, 0.3) is 22.4 Å². The largest absolute Gasteiger partial charge is 0.493 e. The van der Waals surface area contributed by atoms with Crippen molar-refractivity contribution in [3.63, 3.8) is 0 Å². The van der Waals surface area contributed by atoms with Crippen LogP contribution in [0, 0.1) is 11.3 Å². The summed E-state index contributed by atoms with van der Waals surface area (Å²) in [7, 11) is 3.16. The molecule has 1 aromatic heterocycles. The molecule has 0 unspecified atom stereocenters. The van der Waals surface area contributed by atoms with Crippen molar-refractivity contribution in [2.24, 2.45) is 0 Å². The average Bonchev–Trinajstić information content (AvgIpc) is 2.72. The molecule has 5 heteroatoms. The molecule has 0 fully saturated rings. The minimum Gasteiger partial charge on any atom is -0.493 e. The smallest absolute Gasteiger partial charge is 0.161 e. The van der Waals surface area contributed by atoms with E-state index < -0.39 is 0 Å². The fourth-order valence-corrected chi connectivity index (χ4v) is 2.97. The standard InChI is InChI=1S/C22H21N3O2/c1-4-14-5-7-15(8-6-14)19-12-17(18(13-23)22(24)25-19)16-9-10-20(26-2)21(11-16)27-3/h5-12H,4H2,1-3H3,(H2,24,25). The van der Waals surface area contributed by atoms with Crippen molar-refractivity contribution in [3.05, 3.63) is 59.7 Å². The predicted octanol–water partition coefficient (Wildman–Crippen LogP) is 4.45. The van der Waals surface area contributed by atoms with Gasteiger partial charge in [0.1, 0.15) is 17.5 Å². The van der Waals surface area contributed by atoms with Crippen LogP contribution in [0.2, 0.25) is 0 Å². The summed E-state index contributed by atoms with van der Waals surface area (Å²) < 4.78 is 10.7. The van der Waals surface area contributed by atoms with E-state index >= 15 is 0 Å². The molecule has 0 radical (unpaired) electrons. The summed E-state index contributed by atoms with van der Waals surface area (Å²) in [6.07, 6.45) is 0.972. The second-order valence-electron chi connectivity index (χ2n) is 6.05. The highest BCUT2D eigenvalue weighted by Gasteiger charge is 2.15. The third kappa shape index (κ3) is 3.56. The maximum atomic E-state index is 9.59. The molecule has 0 aliphatic carbocycles. The van der Waals surface area contributed by atoms with Gasteiger partial charge in [0.15, 0.2) is 11.5 Å². The first kappa shape index (κ1) is 18.3. The molecule has 136 valence electrons. The summed E-state index contributed by atoms with van der Waals surface area (Å²) in [5.41, 5.74) is 10.9. The van der Waals surface area contributed by atoms with E-state index in [1.165, 1.54) is 5.56 Å². The molecule has 27 heavy (non-hydrogen) atoms. The van der Waals surface area contributed by atoms with Gasteiger partial charge < -0.3 is 15.2 Å². The van der Waals surface area contributed by atoms with Crippen LogP contribution in [0.1, 0.15) is 18.1 Å². The number of rotatable bonds is 5. The fourth-order valence-electron chi connectivity index (χ4n) is 2.97. The number of nitrogens with zero attached hydrogens (tertiary/aromatic N) is 2. The van der Waals surface area contributed by atoms with Crippen LogP contribution in [0.4, 0.5) is 5.82 Å².